The van der Waals surface area contributed by atoms with Crippen molar-refractivity contribution in [1.29, 1.82) is 0 Å². The minimum absolute atomic E-state index is 0.134. The molecule has 0 bridgehead atoms. The van der Waals surface area contributed by atoms with Crippen LogP contribution in [0.1, 0.15) is 50.7 Å². The summed E-state index contributed by atoms with van der Waals surface area (Å²) in [5.74, 6) is -0.179. The largest absolute Gasteiger partial charge is 0.469 e. The number of unbranched alkanes of at least 4 members (excludes halogenated alkanes) is 1. The number of hydrogen-bond donors (Lipinski definition) is 0. The van der Waals surface area contributed by atoms with Crippen LogP contribution in [-0.2, 0) is 30.2 Å². The third-order valence-electron chi connectivity index (χ3n) is 4.77. The number of carbonyl (C=O) groups is 1. The second kappa shape index (κ2) is 15.6. The number of carbonyl (C=O) groups excluding carboxylic acids is 1. The fraction of sp³-hybridized carbons (Fsp3) is 0.560. The lowest BCUT2D eigenvalue weighted by atomic mass is 9.83. The molecule has 2 atom stereocenters. The molecule has 1 aromatic carbocycles. The van der Waals surface area contributed by atoms with Gasteiger partial charge in [-0.1, -0.05) is 42.0 Å². The van der Waals surface area contributed by atoms with E-state index in [4.69, 9.17) is 23.7 Å². The van der Waals surface area contributed by atoms with E-state index in [0.29, 0.717) is 13.4 Å². The number of aryl methyl sites for hydroxylation is 1. The number of benzene rings is 1. The van der Waals surface area contributed by atoms with Crippen LogP contribution in [0.5, 0.6) is 5.75 Å². The fourth-order valence-corrected chi connectivity index (χ4v) is 3.46. The first kappa shape index (κ1) is 26.9. The van der Waals surface area contributed by atoms with Gasteiger partial charge in [-0.3, -0.25) is 4.79 Å². The maximum absolute atomic E-state index is 12.7. The fourth-order valence-electron chi connectivity index (χ4n) is 3.46. The molecule has 1 rings (SSSR count). The molecule has 0 radical (unpaired) electrons. The maximum atomic E-state index is 12.7. The molecule has 0 aliphatic heterocycles. The summed E-state index contributed by atoms with van der Waals surface area (Å²) in [5.41, 5.74) is 3.07. The zero-order valence-corrected chi connectivity index (χ0v) is 19.8. The van der Waals surface area contributed by atoms with Crippen LogP contribution < -0.4 is 4.74 Å². The summed E-state index contributed by atoms with van der Waals surface area (Å²) < 4.78 is 26.6. The highest BCUT2D eigenvalue weighted by Crippen LogP contribution is 2.38. The predicted octanol–water partition coefficient (Wildman–Crippen LogP) is 5.03. The van der Waals surface area contributed by atoms with Crippen molar-refractivity contribution in [3.63, 3.8) is 0 Å². The maximum Gasteiger partial charge on any atom is 0.313 e. The molecule has 0 fully saturated rings. The number of methoxy groups -OCH3 is 3. The third-order valence-corrected chi connectivity index (χ3v) is 4.77. The Kier molecular flexibility index (Phi) is 13.5. The molecule has 0 heterocycles. The van der Waals surface area contributed by atoms with Crippen molar-refractivity contribution in [1.82, 2.24) is 0 Å². The molecule has 31 heavy (non-hydrogen) atoms. The molecule has 0 spiro atoms. The van der Waals surface area contributed by atoms with E-state index >= 15 is 0 Å². The van der Waals surface area contributed by atoms with E-state index in [1.807, 2.05) is 51.1 Å². The summed E-state index contributed by atoms with van der Waals surface area (Å²) >= 11 is 0. The van der Waals surface area contributed by atoms with Gasteiger partial charge in [0.2, 0.25) is 0 Å². The SMILES string of the molecule is C/C=C/[C@H](c1cccc(CCCCOCOC)c1OCOC)[C@@H](C=C(C)C)C(=O)OC. The first-order valence-electron chi connectivity index (χ1n) is 10.7. The summed E-state index contributed by atoms with van der Waals surface area (Å²) in [6.45, 7) is 6.99. The smallest absolute Gasteiger partial charge is 0.313 e. The van der Waals surface area contributed by atoms with Crippen LogP contribution >= 0.6 is 0 Å². The lowest BCUT2D eigenvalue weighted by Gasteiger charge is -2.25. The van der Waals surface area contributed by atoms with Crippen LogP contribution in [0, 0.1) is 5.92 Å². The first-order valence-corrected chi connectivity index (χ1v) is 10.7. The van der Waals surface area contributed by atoms with E-state index < -0.39 is 5.92 Å². The molecule has 6 heteroatoms. The van der Waals surface area contributed by atoms with E-state index in [1.54, 1.807) is 14.2 Å². The number of para-hydroxylation sites is 1. The van der Waals surface area contributed by atoms with Gasteiger partial charge in [0.25, 0.3) is 0 Å². The molecule has 6 nitrogen and oxygen atoms in total. The highest BCUT2D eigenvalue weighted by molar-refractivity contribution is 5.76. The van der Waals surface area contributed by atoms with Gasteiger partial charge in [-0.25, -0.2) is 0 Å². The Morgan fingerprint density at radius 2 is 1.81 bits per heavy atom. The van der Waals surface area contributed by atoms with E-state index in [2.05, 4.69) is 6.07 Å². The molecule has 0 aromatic heterocycles. The van der Waals surface area contributed by atoms with Crippen molar-refractivity contribution < 1.29 is 28.5 Å². The number of rotatable bonds is 15. The van der Waals surface area contributed by atoms with Crippen LogP contribution in [0.4, 0.5) is 0 Å². The quantitative estimate of drug-likeness (QED) is 0.167. The van der Waals surface area contributed by atoms with Crippen molar-refractivity contribution >= 4 is 5.97 Å². The molecule has 0 aliphatic carbocycles. The Labute approximate surface area is 187 Å². The lowest BCUT2D eigenvalue weighted by Crippen LogP contribution is -2.22. The van der Waals surface area contributed by atoms with Gasteiger partial charge in [0.15, 0.2) is 6.79 Å². The van der Waals surface area contributed by atoms with Crippen molar-refractivity contribution in [2.45, 2.75) is 46.0 Å². The second-order valence-corrected chi connectivity index (χ2v) is 7.50. The monoisotopic (exact) mass is 434 g/mol. The normalized spacial score (nSPS) is 13.1. The van der Waals surface area contributed by atoms with Crippen molar-refractivity contribution in [2.24, 2.45) is 5.92 Å². The minimum atomic E-state index is -0.450. The van der Waals surface area contributed by atoms with Crippen molar-refractivity contribution in [3.8, 4) is 5.75 Å². The number of hydrogen-bond acceptors (Lipinski definition) is 6. The molecular formula is C25H38O6. The van der Waals surface area contributed by atoms with Crippen LogP contribution in [-0.4, -0.2) is 47.5 Å². The Balaban J connectivity index is 3.27. The van der Waals surface area contributed by atoms with Gasteiger partial charge in [-0.2, -0.15) is 0 Å². The van der Waals surface area contributed by atoms with Crippen LogP contribution in [0.15, 0.2) is 42.0 Å². The predicted molar refractivity (Wildman–Crippen MR) is 122 cm³/mol. The van der Waals surface area contributed by atoms with Gasteiger partial charge < -0.3 is 23.7 Å². The molecule has 174 valence electrons. The number of ether oxygens (including phenoxy) is 5. The van der Waals surface area contributed by atoms with Gasteiger partial charge in [0.1, 0.15) is 12.5 Å². The lowest BCUT2D eigenvalue weighted by molar-refractivity contribution is -0.144. The Bertz CT molecular complexity index is 706. The Morgan fingerprint density at radius 3 is 2.42 bits per heavy atom. The molecule has 0 N–H and O–H groups in total. The topological polar surface area (TPSA) is 63.2 Å². The summed E-state index contributed by atoms with van der Waals surface area (Å²) in [4.78, 5) is 12.7. The summed E-state index contributed by atoms with van der Waals surface area (Å²) in [6.07, 6.45) is 8.63. The van der Waals surface area contributed by atoms with Crippen molar-refractivity contribution in [3.05, 3.63) is 53.1 Å². The van der Waals surface area contributed by atoms with Crippen LogP contribution in [0.2, 0.25) is 0 Å². The van der Waals surface area contributed by atoms with Crippen LogP contribution in [0.25, 0.3) is 0 Å². The standard InChI is InChI=1S/C25H38O6/c1-7-11-21(23(16-19(2)3)25(26)29-6)22-14-10-13-20(24(22)31-18-28-5)12-8-9-15-30-17-27-4/h7,10-11,13-14,16,21,23H,8-9,12,15,17-18H2,1-6H3/b11-7+/t21-,23-/m1/s1. The Morgan fingerprint density at radius 1 is 1.06 bits per heavy atom. The van der Waals surface area contributed by atoms with Gasteiger partial charge in [0.05, 0.1) is 13.0 Å². The molecule has 1 aromatic rings. The van der Waals surface area contributed by atoms with Crippen molar-refractivity contribution in [2.75, 3.05) is 41.5 Å². The molecule has 0 saturated heterocycles. The molecule has 0 amide bonds. The zero-order valence-electron chi connectivity index (χ0n) is 19.8. The molecule has 0 unspecified atom stereocenters. The summed E-state index contributed by atoms with van der Waals surface area (Å²) in [5, 5.41) is 0. The van der Waals surface area contributed by atoms with E-state index in [9.17, 15) is 4.79 Å². The van der Waals surface area contributed by atoms with Gasteiger partial charge in [-0.05, 0) is 45.6 Å². The first-order chi connectivity index (χ1) is 15.0. The zero-order chi connectivity index (χ0) is 23.1. The van der Waals surface area contributed by atoms with E-state index in [1.165, 1.54) is 7.11 Å². The van der Waals surface area contributed by atoms with Gasteiger partial charge >= 0.3 is 5.97 Å². The third kappa shape index (κ3) is 9.25. The van der Waals surface area contributed by atoms with Gasteiger partial charge in [-0.15, -0.1) is 0 Å². The number of allylic oxidation sites excluding steroid dienone is 3. The minimum Gasteiger partial charge on any atom is -0.469 e. The van der Waals surface area contributed by atoms with E-state index in [0.717, 1.165) is 41.7 Å². The Hall–Kier alpha value is -2.15. The molecule has 0 saturated carbocycles. The molecule has 0 aliphatic rings. The summed E-state index contributed by atoms with van der Waals surface area (Å²) in [6, 6.07) is 6.08. The highest BCUT2D eigenvalue weighted by Gasteiger charge is 2.29. The highest BCUT2D eigenvalue weighted by atomic mass is 16.7. The van der Waals surface area contributed by atoms with Crippen LogP contribution in [0.3, 0.4) is 0 Å². The average molecular weight is 435 g/mol. The average Bonchev–Trinajstić information content (AvgIpc) is 2.76. The second-order valence-electron chi connectivity index (χ2n) is 7.50. The van der Waals surface area contributed by atoms with Gasteiger partial charge in [0, 0.05) is 32.3 Å². The number of esters is 1. The van der Waals surface area contributed by atoms with E-state index in [-0.39, 0.29) is 18.7 Å². The molecular weight excluding hydrogens is 396 g/mol. The summed E-state index contributed by atoms with van der Waals surface area (Å²) in [7, 11) is 4.63.